The van der Waals surface area contributed by atoms with Crippen molar-refractivity contribution < 1.29 is 9.15 Å². The highest BCUT2D eigenvalue weighted by Gasteiger charge is 2.24. The van der Waals surface area contributed by atoms with Crippen molar-refractivity contribution in [3.63, 3.8) is 0 Å². The monoisotopic (exact) mass is 447 g/mol. The lowest BCUT2D eigenvalue weighted by atomic mass is 9.98. The highest BCUT2D eigenvalue weighted by molar-refractivity contribution is 9.10. The molecule has 0 N–H and O–H groups in total. The number of ether oxygens (including phenoxy) is 1. The van der Waals surface area contributed by atoms with E-state index in [0.29, 0.717) is 23.9 Å². The number of anilines is 1. The Balaban J connectivity index is 1.82. The molecule has 0 atom stereocenters. The van der Waals surface area contributed by atoms with Crippen molar-refractivity contribution >= 4 is 44.2 Å². The Morgan fingerprint density at radius 1 is 1.26 bits per heavy atom. The Kier molecular flexibility index (Phi) is 4.91. The van der Waals surface area contributed by atoms with Gasteiger partial charge in [0.05, 0.1) is 10.7 Å². The van der Waals surface area contributed by atoms with Gasteiger partial charge in [0.15, 0.2) is 6.73 Å². The van der Waals surface area contributed by atoms with Crippen LogP contribution in [0.2, 0.25) is 5.02 Å². The number of fused-ring (bicyclic) bond motifs is 2. The molecule has 27 heavy (non-hydrogen) atoms. The number of aryl methyl sites for hydroxylation is 2. The first-order chi connectivity index (χ1) is 13.0. The van der Waals surface area contributed by atoms with Gasteiger partial charge in [-0.05, 0) is 43.2 Å². The van der Waals surface area contributed by atoms with E-state index in [-0.39, 0.29) is 5.63 Å². The van der Waals surface area contributed by atoms with Crippen LogP contribution in [0.1, 0.15) is 30.0 Å². The number of nitrogens with zero attached hydrogens (tertiary/aromatic N) is 1. The Morgan fingerprint density at radius 3 is 2.81 bits per heavy atom. The fourth-order valence-corrected chi connectivity index (χ4v) is 4.45. The topological polar surface area (TPSA) is 42.7 Å². The van der Waals surface area contributed by atoms with Crippen molar-refractivity contribution in [1.29, 1.82) is 0 Å². The van der Waals surface area contributed by atoms with Crippen LogP contribution in [0.25, 0.3) is 11.0 Å². The molecule has 1 aliphatic rings. The maximum atomic E-state index is 12.0. The van der Waals surface area contributed by atoms with Crippen LogP contribution in [0.5, 0.6) is 5.75 Å². The molecule has 4 nitrogen and oxygen atoms in total. The zero-order chi connectivity index (χ0) is 19.1. The zero-order valence-electron chi connectivity index (χ0n) is 15.1. The van der Waals surface area contributed by atoms with E-state index in [4.69, 9.17) is 20.8 Å². The summed E-state index contributed by atoms with van der Waals surface area (Å²) in [6, 6.07) is 9.52. The van der Waals surface area contributed by atoms with Crippen molar-refractivity contribution in [3.8, 4) is 5.75 Å². The number of rotatable bonds is 3. The van der Waals surface area contributed by atoms with Crippen molar-refractivity contribution in [2.75, 3.05) is 11.6 Å². The van der Waals surface area contributed by atoms with E-state index in [1.54, 1.807) is 6.07 Å². The largest absolute Gasteiger partial charge is 0.472 e. The summed E-state index contributed by atoms with van der Waals surface area (Å²) in [7, 11) is 0. The van der Waals surface area contributed by atoms with E-state index in [1.807, 2.05) is 25.1 Å². The molecule has 2 heterocycles. The van der Waals surface area contributed by atoms with E-state index in [2.05, 4.69) is 33.8 Å². The van der Waals surface area contributed by atoms with E-state index < -0.39 is 0 Å². The lowest BCUT2D eigenvalue weighted by molar-refractivity contribution is 0.287. The van der Waals surface area contributed by atoms with Crippen molar-refractivity contribution in [2.24, 2.45) is 0 Å². The van der Waals surface area contributed by atoms with E-state index in [9.17, 15) is 4.79 Å². The van der Waals surface area contributed by atoms with Gasteiger partial charge >= 0.3 is 5.63 Å². The smallest absolute Gasteiger partial charge is 0.336 e. The predicted octanol–water partition coefficient (Wildman–Crippen LogP) is 5.83. The van der Waals surface area contributed by atoms with Crippen molar-refractivity contribution in [3.05, 3.63) is 66.9 Å². The van der Waals surface area contributed by atoms with Gasteiger partial charge < -0.3 is 14.1 Å². The molecule has 0 saturated heterocycles. The molecule has 6 heteroatoms. The van der Waals surface area contributed by atoms with Crippen LogP contribution >= 0.6 is 27.5 Å². The highest BCUT2D eigenvalue weighted by atomic mass is 79.9. The summed E-state index contributed by atoms with van der Waals surface area (Å²) in [6.07, 6.45) is 1.80. The molecule has 0 aliphatic carbocycles. The Labute approximate surface area is 170 Å². The van der Waals surface area contributed by atoms with Crippen LogP contribution in [0.4, 0.5) is 5.69 Å². The molecule has 4 rings (SSSR count). The van der Waals surface area contributed by atoms with Crippen LogP contribution in [0.15, 0.2) is 44.0 Å². The molecule has 0 fully saturated rings. The normalized spacial score (nSPS) is 13.6. The fourth-order valence-electron chi connectivity index (χ4n) is 3.65. The molecule has 1 aliphatic heterocycles. The Hall–Kier alpha value is -1.98. The first-order valence-electron chi connectivity index (χ1n) is 8.90. The molecular weight excluding hydrogens is 430 g/mol. The fraction of sp³-hybridized carbons (Fsp3) is 0.286. The van der Waals surface area contributed by atoms with Gasteiger partial charge in [0, 0.05) is 33.6 Å². The lowest BCUT2D eigenvalue weighted by Crippen LogP contribution is -2.32. The minimum absolute atomic E-state index is 0.312. The van der Waals surface area contributed by atoms with Gasteiger partial charge in [-0.1, -0.05) is 40.9 Å². The molecule has 3 aromatic rings. The maximum absolute atomic E-state index is 12.0. The van der Waals surface area contributed by atoms with Crippen molar-refractivity contribution in [2.45, 2.75) is 33.2 Å². The second kappa shape index (κ2) is 7.21. The highest BCUT2D eigenvalue weighted by Crippen LogP contribution is 2.38. The molecule has 0 amide bonds. The second-order valence-corrected chi connectivity index (χ2v) is 8.10. The number of hydrogen-bond donors (Lipinski definition) is 0. The summed E-state index contributed by atoms with van der Waals surface area (Å²) >= 11 is 9.86. The molecule has 0 radical (unpaired) electrons. The first-order valence-corrected chi connectivity index (χ1v) is 10.1. The molecule has 0 unspecified atom stereocenters. The van der Waals surface area contributed by atoms with Gasteiger partial charge in [-0.2, -0.15) is 0 Å². The number of benzene rings is 2. The van der Waals surface area contributed by atoms with Crippen molar-refractivity contribution in [1.82, 2.24) is 0 Å². The maximum Gasteiger partial charge on any atom is 0.336 e. The standard InChI is InChI=1S/C21H19BrClNO3/c1-3-4-13-8-19(25)27-21-12(2)20-14(7-16(13)21)10-24(11-26-20)18-6-5-15(22)9-17(18)23/h5-9H,3-4,10-11H2,1-2H3. The summed E-state index contributed by atoms with van der Waals surface area (Å²) in [5, 5.41) is 1.66. The average Bonchev–Trinajstić information content (AvgIpc) is 2.63. The lowest BCUT2D eigenvalue weighted by Gasteiger charge is -2.32. The second-order valence-electron chi connectivity index (χ2n) is 6.77. The quantitative estimate of drug-likeness (QED) is 0.473. The SMILES string of the molecule is CCCc1cc(=O)oc2c(C)c3c(cc12)CN(c1ccc(Br)cc1Cl)CO3. The molecule has 0 bridgehead atoms. The van der Waals surface area contributed by atoms with E-state index in [0.717, 1.165) is 50.8 Å². The van der Waals surface area contributed by atoms with E-state index in [1.165, 1.54) is 0 Å². The third-order valence-electron chi connectivity index (χ3n) is 4.87. The van der Waals surface area contributed by atoms with Gasteiger partial charge in [-0.15, -0.1) is 0 Å². The van der Waals surface area contributed by atoms with Crippen LogP contribution < -0.4 is 15.3 Å². The average molecular weight is 449 g/mol. The summed E-state index contributed by atoms with van der Waals surface area (Å²) in [4.78, 5) is 14.1. The van der Waals surface area contributed by atoms with Gasteiger partial charge in [0.25, 0.3) is 0 Å². The number of hydrogen-bond acceptors (Lipinski definition) is 4. The molecular formula is C21H19BrClNO3. The summed E-state index contributed by atoms with van der Waals surface area (Å²) in [5.74, 6) is 0.795. The molecule has 1 aromatic heterocycles. The van der Waals surface area contributed by atoms with Gasteiger partial charge in [0.1, 0.15) is 11.3 Å². The minimum atomic E-state index is -0.312. The predicted molar refractivity (Wildman–Crippen MR) is 112 cm³/mol. The third kappa shape index (κ3) is 3.34. The van der Waals surface area contributed by atoms with Crippen LogP contribution in [-0.4, -0.2) is 6.73 Å². The first kappa shape index (κ1) is 18.4. The van der Waals surface area contributed by atoms with E-state index >= 15 is 0 Å². The van der Waals surface area contributed by atoms with Crippen LogP contribution in [0, 0.1) is 6.92 Å². The minimum Gasteiger partial charge on any atom is -0.472 e. The van der Waals surface area contributed by atoms with Crippen LogP contribution in [-0.2, 0) is 13.0 Å². The Bertz CT molecular complexity index is 1090. The summed E-state index contributed by atoms with van der Waals surface area (Å²) in [5.41, 5.74) is 4.20. The van der Waals surface area contributed by atoms with Gasteiger partial charge in [-0.3, -0.25) is 0 Å². The van der Waals surface area contributed by atoms with Gasteiger partial charge in [-0.25, -0.2) is 4.79 Å². The van der Waals surface area contributed by atoms with Gasteiger partial charge in [0.2, 0.25) is 0 Å². The molecule has 2 aromatic carbocycles. The molecule has 0 saturated carbocycles. The molecule has 0 spiro atoms. The zero-order valence-corrected chi connectivity index (χ0v) is 17.5. The van der Waals surface area contributed by atoms with Crippen LogP contribution in [0.3, 0.4) is 0 Å². The summed E-state index contributed by atoms with van der Waals surface area (Å²) in [6.45, 7) is 5.12. The Morgan fingerprint density at radius 2 is 2.07 bits per heavy atom. The summed E-state index contributed by atoms with van der Waals surface area (Å²) < 4.78 is 12.5. The molecule has 140 valence electrons. The third-order valence-corrected chi connectivity index (χ3v) is 5.67. The number of halogens is 2.